The maximum absolute atomic E-state index is 11.5. The molecular formula is C19H23NO4. The van der Waals surface area contributed by atoms with Crippen molar-refractivity contribution < 1.29 is 19.4 Å². The molecule has 2 N–H and O–H groups in total. The van der Waals surface area contributed by atoms with Crippen molar-refractivity contribution in [1.82, 2.24) is 5.32 Å². The number of benzene rings is 2. The van der Waals surface area contributed by atoms with Crippen LogP contribution < -0.4 is 14.8 Å². The summed E-state index contributed by atoms with van der Waals surface area (Å²) in [7, 11) is 1.49. The lowest BCUT2D eigenvalue weighted by molar-refractivity contribution is 0.200. The Morgan fingerprint density at radius 2 is 1.79 bits per heavy atom. The van der Waals surface area contributed by atoms with Crippen molar-refractivity contribution in [2.24, 2.45) is 0 Å². The Hall–Kier alpha value is -2.53. The lowest BCUT2D eigenvalue weighted by Gasteiger charge is -2.16. The van der Waals surface area contributed by atoms with Crippen molar-refractivity contribution in [3.8, 4) is 11.5 Å². The fourth-order valence-electron chi connectivity index (χ4n) is 2.41. The average molecular weight is 329 g/mol. The molecule has 1 amide bonds. The van der Waals surface area contributed by atoms with E-state index in [1.54, 1.807) is 18.2 Å². The molecule has 0 unspecified atom stereocenters. The van der Waals surface area contributed by atoms with Gasteiger partial charge in [0.15, 0.2) is 0 Å². The summed E-state index contributed by atoms with van der Waals surface area (Å²) in [5.41, 5.74) is 4.71. The number of rotatable bonds is 5. The summed E-state index contributed by atoms with van der Waals surface area (Å²) in [4.78, 5) is 11.5. The zero-order valence-corrected chi connectivity index (χ0v) is 14.5. The number of carbonyl (C=O) groups excluding carboxylic acids is 1. The van der Waals surface area contributed by atoms with Crippen LogP contribution in [0.4, 0.5) is 4.79 Å². The first-order chi connectivity index (χ1) is 11.5. The van der Waals surface area contributed by atoms with Crippen LogP contribution in [0, 0.1) is 20.8 Å². The number of aliphatic hydroxyl groups is 1. The standard InChI is InChI=1S/C19H23NO4/c1-12-8-14(3)18(9-13(12)2)23-11-16-15(10-21)6-5-7-17(16)24-19(22)20-4/h5-9,21H,10-11H2,1-4H3,(H,20,22). The van der Waals surface area contributed by atoms with Crippen molar-refractivity contribution >= 4 is 6.09 Å². The van der Waals surface area contributed by atoms with Crippen LogP contribution in [0.5, 0.6) is 11.5 Å². The van der Waals surface area contributed by atoms with E-state index in [1.165, 1.54) is 12.6 Å². The first-order valence-electron chi connectivity index (χ1n) is 7.78. The minimum Gasteiger partial charge on any atom is -0.488 e. The fraction of sp³-hybridized carbons (Fsp3) is 0.316. The van der Waals surface area contributed by atoms with Crippen molar-refractivity contribution in [3.05, 3.63) is 58.1 Å². The third kappa shape index (κ3) is 4.06. The molecule has 0 saturated carbocycles. The van der Waals surface area contributed by atoms with Gasteiger partial charge in [0.25, 0.3) is 0 Å². The molecule has 2 aromatic carbocycles. The molecule has 0 saturated heterocycles. The van der Waals surface area contributed by atoms with Crippen LogP contribution in [-0.2, 0) is 13.2 Å². The maximum atomic E-state index is 11.5. The van der Waals surface area contributed by atoms with Crippen molar-refractivity contribution in [3.63, 3.8) is 0 Å². The molecule has 5 nitrogen and oxygen atoms in total. The number of amides is 1. The second-order valence-corrected chi connectivity index (χ2v) is 5.68. The first-order valence-corrected chi connectivity index (χ1v) is 7.78. The first kappa shape index (κ1) is 17.8. The van der Waals surface area contributed by atoms with Gasteiger partial charge in [-0.25, -0.2) is 4.79 Å². The highest BCUT2D eigenvalue weighted by Crippen LogP contribution is 2.27. The van der Waals surface area contributed by atoms with Gasteiger partial charge < -0.3 is 19.9 Å². The van der Waals surface area contributed by atoms with Crippen LogP contribution in [0.2, 0.25) is 0 Å². The van der Waals surface area contributed by atoms with Gasteiger partial charge in [0.05, 0.1) is 6.61 Å². The summed E-state index contributed by atoms with van der Waals surface area (Å²) >= 11 is 0. The van der Waals surface area contributed by atoms with E-state index in [2.05, 4.69) is 18.3 Å². The molecule has 5 heteroatoms. The highest BCUT2D eigenvalue weighted by Gasteiger charge is 2.14. The number of aryl methyl sites for hydroxylation is 3. The normalized spacial score (nSPS) is 10.4. The van der Waals surface area contributed by atoms with Gasteiger partial charge in [-0.3, -0.25) is 0 Å². The van der Waals surface area contributed by atoms with Crippen molar-refractivity contribution in [2.75, 3.05) is 7.05 Å². The third-order valence-corrected chi connectivity index (χ3v) is 3.97. The van der Waals surface area contributed by atoms with E-state index in [9.17, 15) is 9.90 Å². The van der Waals surface area contributed by atoms with Crippen LogP contribution in [-0.4, -0.2) is 18.2 Å². The second-order valence-electron chi connectivity index (χ2n) is 5.68. The van der Waals surface area contributed by atoms with Crippen molar-refractivity contribution in [1.29, 1.82) is 0 Å². The van der Waals surface area contributed by atoms with E-state index in [-0.39, 0.29) is 13.2 Å². The summed E-state index contributed by atoms with van der Waals surface area (Å²) in [5.74, 6) is 1.15. The topological polar surface area (TPSA) is 67.8 Å². The predicted molar refractivity (Wildman–Crippen MR) is 92.4 cm³/mol. The highest BCUT2D eigenvalue weighted by atomic mass is 16.6. The Kier molecular flexibility index (Phi) is 5.82. The lowest BCUT2D eigenvalue weighted by Crippen LogP contribution is -2.23. The summed E-state index contributed by atoms with van der Waals surface area (Å²) in [5, 5.41) is 12.0. The molecule has 0 aliphatic heterocycles. The number of hydrogen-bond acceptors (Lipinski definition) is 4. The van der Waals surface area contributed by atoms with Gasteiger partial charge in [-0.1, -0.05) is 18.2 Å². The van der Waals surface area contributed by atoms with E-state index in [0.717, 1.165) is 16.9 Å². The van der Waals surface area contributed by atoms with E-state index in [1.807, 2.05) is 19.9 Å². The van der Waals surface area contributed by atoms with E-state index in [4.69, 9.17) is 9.47 Å². The molecule has 0 heterocycles. The highest BCUT2D eigenvalue weighted by molar-refractivity contribution is 5.70. The number of carbonyl (C=O) groups is 1. The zero-order valence-electron chi connectivity index (χ0n) is 14.5. The Morgan fingerprint density at radius 3 is 2.46 bits per heavy atom. The van der Waals surface area contributed by atoms with Crippen LogP contribution >= 0.6 is 0 Å². The van der Waals surface area contributed by atoms with Gasteiger partial charge in [-0.05, 0) is 55.2 Å². The Labute approximate surface area is 142 Å². The van der Waals surface area contributed by atoms with Crippen LogP contribution in [0.3, 0.4) is 0 Å². The molecule has 0 fully saturated rings. The third-order valence-electron chi connectivity index (χ3n) is 3.97. The molecular weight excluding hydrogens is 306 g/mol. The lowest BCUT2D eigenvalue weighted by atomic mass is 10.1. The van der Waals surface area contributed by atoms with Gasteiger partial charge in [0.2, 0.25) is 0 Å². The molecule has 0 spiro atoms. The minimum atomic E-state index is -0.561. The Morgan fingerprint density at radius 1 is 1.08 bits per heavy atom. The summed E-state index contributed by atoms with van der Waals surface area (Å²) in [6.07, 6.45) is -0.561. The minimum absolute atomic E-state index is 0.157. The molecule has 0 aliphatic carbocycles. The molecule has 2 aromatic rings. The van der Waals surface area contributed by atoms with E-state index < -0.39 is 6.09 Å². The zero-order chi connectivity index (χ0) is 17.7. The SMILES string of the molecule is CNC(=O)Oc1cccc(CO)c1COc1cc(C)c(C)cc1C. The Bertz CT molecular complexity index is 740. The summed E-state index contributed by atoms with van der Waals surface area (Å²) in [6.45, 7) is 6.12. The molecule has 24 heavy (non-hydrogen) atoms. The Balaban J connectivity index is 2.28. The van der Waals surface area contributed by atoms with Crippen LogP contribution in [0.15, 0.2) is 30.3 Å². The van der Waals surface area contributed by atoms with Gasteiger partial charge in [0, 0.05) is 12.6 Å². The van der Waals surface area contributed by atoms with E-state index in [0.29, 0.717) is 16.9 Å². The quantitative estimate of drug-likeness (QED) is 0.882. The van der Waals surface area contributed by atoms with Gasteiger partial charge in [0.1, 0.15) is 18.1 Å². The summed E-state index contributed by atoms with van der Waals surface area (Å²) < 4.78 is 11.2. The molecule has 0 aliphatic rings. The summed E-state index contributed by atoms with van der Waals surface area (Å²) in [6, 6.07) is 9.26. The van der Waals surface area contributed by atoms with E-state index >= 15 is 0 Å². The van der Waals surface area contributed by atoms with Crippen LogP contribution in [0.25, 0.3) is 0 Å². The van der Waals surface area contributed by atoms with Gasteiger partial charge in [-0.15, -0.1) is 0 Å². The maximum Gasteiger partial charge on any atom is 0.412 e. The largest absolute Gasteiger partial charge is 0.488 e. The number of nitrogens with one attached hydrogen (secondary N) is 1. The fourth-order valence-corrected chi connectivity index (χ4v) is 2.41. The van der Waals surface area contributed by atoms with Gasteiger partial charge in [-0.2, -0.15) is 0 Å². The van der Waals surface area contributed by atoms with Crippen molar-refractivity contribution in [2.45, 2.75) is 34.0 Å². The predicted octanol–water partition coefficient (Wildman–Crippen LogP) is 3.40. The second kappa shape index (κ2) is 7.84. The number of hydrogen-bond donors (Lipinski definition) is 2. The molecule has 0 bridgehead atoms. The molecule has 2 rings (SSSR count). The molecule has 0 atom stereocenters. The van der Waals surface area contributed by atoms with Gasteiger partial charge >= 0.3 is 6.09 Å². The molecule has 128 valence electrons. The average Bonchev–Trinajstić information content (AvgIpc) is 2.57. The molecule has 0 aromatic heterocycles. The monoisotopic (exact) mass is 329 g/mol. The smallest absolute Gasteiger partial charge is 0.412 e. The van der Waals surface area contributed by atoms with Crippen LogP contribution in [0.1, 0.15) is 27.8 Å². The molecule has 0 radical (unpaired) electrons. The number of ether oxygens (including phenoxy) is 2. The number of aliphatic hydroxyl groups excluding tert-OH is 1.